The zero-order chi connectivity index (χ0) is 25.2. The molecular formula is C33H29N3O. The second kappa shape index (κ2) is 9.55. The van der Waals surface area contributed by atoms with Crippen LogP contribution >= 0.6 is 0 Å². The number of nitrogens with zero attached hydrogens (tertiary/aromatic N) is 2. The monoisotopic (exact) mass is 483 g/mol. The quantitative estimate of drug-likeness (QED) is 0.288. The molecule has 1 unspecified atom stereocenters. The first-order chi connectivity index (χ1) is 18.2. The van der Waals surface area contributed by atoms with Gasteiger partial charge in [0.1, 0.15) is 5.54 Å². The van der Waals surface area contributed by atoms with Crippen molar-refractivity contribution >= 4 is 5.91 Å². The molecule has 0 fully saturated rings. The zero-order valence-corrected chi connectivity index (χ0v) is 20.8. The van der Waals surface area contributed by atoms with Crippen LogP contribution in [0.1, 0.15) is 56.8 Å². The van der Waals surface area contributed by atoms with E-state index in [1.807, 2.05) is 36.4 Å². The van der Waals surface area contributed by atoms with Gasteiger partial charge in [-0.1, -0.05) is 110 Å². The fourth-order valence-electron chi connectivity index (χ4n) is 5.73. The molecule has 0 saturated carbocycles. The molecule has 4 heteroatoms. The summed E-state index contributed by atoms with van der Waals surface area (Å²) in [5.41, 5.74) is 6.68. The molecule has 1 amide bonds. The number of amides is 1. The maximum Gasteiger partial charge on any atom is 0.252 e. The minimum absolute atomic E-state index is 0.0310. The topological polar surface area (TPSA) is 46.9 Å². The van der Waals surface area contributed by atoms with Gasteiger partial charge in [0.15, 0.2) is 0 Å². The molecular weight excluding hydrogens is 454 g/mol. The highest BCUT2D eigenvalue weighted by molar-refractivity contribution is 5.97. The fraction of sp³-hybridized carbons (Fsp3) is 0.152. The van der Waals surface area contributed by atoms with Crippen LogP contribution in [-0.2, 0) is 18.4 Å². The van der Waals surface area contributed by atoms with Crippen molar-refractivity contribution in [2.75, 3.05) is 0 Å². The molecule has 1 N–H and O–H groups in total. The van der Waals surface area contributed by atoms with Crippen LogP contribution in [-0.4, -0.2) is 15.7 Å². The van der Waals surface area contributed by atoms with Crippen LogP contribution in [0, 0.1) is 0 Å². The minimum Gasteiger partial charge on any atom is -0.343 e. The summed E-state index contributed by atoms with van der Waals surface area (Å²) in [6.07, 6.45) is 3.68. The number of benzene rings is 4. The van der Waals surface area contributed by atoms with Gasteiger partial charge < -0.3 is 5.32 Å². The lowest BCUT2D eigenvalue weighted by Gasteiger charge is -2.36. The Labute approximate surface area is 217 Å². The summed E-state index contributed by atoms with van der Waals surface area (Å²) in [5.74, 6) is -0.0310. The van der Waals surface area contributed by atoms with Gasteiger partial charge in [-0.2, -0.15) is 5.10 Å². The number of carbonyl (C=O) groups excluding carboxylic acids is 1. The predicted octanol–water partition coefficient (Wildman–Crippen LogP) is 6.31. The van der Waals surface area contributed by atoms with Gasteiger partial charge in [0.05, 0.1) is 11.7 Å². The van der Waals surface area contributed by atoms with E-state index in [2.05, 4.69) is 102 Å². The van der Waals surface area contributed by atoms with Crippen molar-refractivity contribution in [3.8, 4) is 0 Å². The van der Waals surface area contributed by atoms with Crippen molar-refractivity contribution in [3.05, 3.63) is 161 Å². The Kier molecular flexibility index (Phi) is 5.93. The Balaban J connectivity index is 1.52. The lowest BCUT2D eigenvalue weighted by atomic mass is 9.77. The Hall–Kier alpha value is -4.44. The van der Waals surface area contributed by atoms with Gasteiger partial charge in [-0.3, -0.25) is 9.48 Å². The summed E-state index contributed by atoms with van der Waals surface area (Å²) in [6, 6.07) is 39.4. The SMILES string of the molecule is CCc1cccc2c1CC(c1ccn(C(c3ccccc3)(c3ccccc3)c3ccccc3)n1)NC2=O. The van der Waals surface area contributed by atoms with Crippen molar-refractivity contribution in [2.45, 2.75) is 31.3 Å². The molecule has 0 saturated heterocycles. The normalized spacial score (nSPS) is 15.2. The van der Waals surface area contributed by atoms with Crippen LogP contribution in [0.15, 0.2) is 121 Å². The average Bonchev–Trinajstić information content (AvgIpc) is 3.46. The highest BCUT2D eigenvalue weighted by atomic mass is 16.1. The number of hydrogen-bond acceptors (Lipinski definition) is 2. The van der Waals surface area contributed by atoms with Crippen LogP contribution in [0.2, 0.25) is 0 Å². The molecule has 1 aliphatic heterocycles. The van der Waals surface area contributed by atoms with E-state index in [1.54, 1.807) is 0 Å². The third-order valence-electron chi connectivity index (χ3n) is 7.50. The largest absolute Gasteiger partial charge is 0.343 e. The van der Waals surface area contributed by atoms with Crippen molar-refractivity contribution < 1.29 is 4.79 Å². The number of hydrogen-bond donors (Lipinski definition) is 1. The van der Waals surface area contributed by atoms with Crippen LogP contribution in [0.25, 0.3) is 0 Å². The standard InChI is InChI=1S/C33H29N3O/c1-2-24-13-12-20-28-29(24)23-31(34-32(28)37)30-21-22-36(35-30)33(25-14-6-3-7-15-25,26-16-8-4-9-17-26)27-18-10-5-11-19-27/h3-22,31H,2,23H2,1H3,(H,34,37). The van der Waals surface area contributed by atoms with Gasteiger partial charge >= 0.3 is 0 Å². The van der Waals surface area contributed by atoms with Gasteiger partial charge in [-0.05, 0) is 52.8 Å². The molecule has 1 atom stereocenters. The number of carbonyl (C=O) groups is 1. The molecule has 2 heterocycles. The maximum atomic E-state index is 13.1. The number of aryl methyl sites for hydroxylation is 1. The minimum atomic E-state index is -0.673. The van der Waals surface area contributed by atoms with Crippen LogP contribution in [0.3, 0.4) is 0 Å². The van der Waals surface area contributed by atoms with E-state index in [1.165, 1.54) is 5.56 Å². The lowest BCUT2D eigenvalue weighted by Crippen LogP contribution is -2.39. The average molecular weight is 484 g/mol. The first kappa shape index (κ1) is 23.0. The highest BCUT2D eigenvalue weighted by Gasteiger charge is 2.40. The Morgan fingerprint density at radius 3 is 1.89 bits per heavy atom. The molecule has 6 rings (SSSR count). The number of fused-ring (bicyclic) bond motifs is 1. The first-order valence-electron chi connectivity index (χ1n) is 12.9. The van der Waals surface area contributed by atoms with E-state index in [-0.39, 0.29) is 11.9 Å². The molecule has 37 heavy (non-hydrogen) atoms. The third-order valence-corrected chi connectivity index (χ3v) is 7.50. The summed E-state index contributed by atoms with van der Waals surface area (Å²) >= 11 is 0. The number of aromatic nitrogens is 2. The van der Waals surface area contributed by atoms with E-state index in [0.717, 1.165) is 46.4 Å². The second-order valence-electron chi connectivity index (χ2n) is 9.52. The van der Waals surface area contributed by atoms with Crippen LogP contribution < -0.4 is 5.32 Å². The molecule has 1 aliphatic rings. The van der Waals surface area contributed by atoms with Gasteiger partial charge in [0, 0.05) is 11.8 Å². The molecule has 0 aliphatic carbocycles. The molecule has 4 aromatic carbocycles. The lowest BCUT2D eigenvalue weighted by molar-refractivity contribution is 0.0923. The van der Waals surface area contributed by atoms with Crippen LogP contribution in [0.5, 0.6) is 0 Å². The Morgan fingerprint density at radius 1 is 0.784 bits per heavy atom. The Bertz CT molecular complexity index is 1430. The van der Waals surface area contributed by atoms with E-state index in [0.29, 0.717) is 0 Å². The van der Waals surface area contributed by atoms with E-state index in [4.69, 9.17) is 5.10 Å². The van der Waals surface area contributed by atoms with Gasteiger partial charge in [0.2, 0.25) is 0 Å². The number of rotatable bonds is 6. The molecule has 0 spiro atoms. The maximum absolute atomic E-state index is 13.1. The summed E-state index contributed by atoms with van der Waals surface area (Å²) < 4.78 is 2.07. The van der Waals surface area contributed by atoms with Gasteiger partial charge in [-0.25, -0.2) is 0 Å². The van der Waals surface area contributed by atoms with Gasteiger partial charge in [-0.15, -0.1) is 0 Å². The summed E-state index contributed by atoms with van der Waals surface area (Å²) in [5, 5.41) is 8.41. The second-order valence-corrected chi connectivity index (χ2v) is 9.52. The summed E-state index contributed by atoms with van der Waals surface area (Å²) in [7, 11) is 0. The number of nitrogens with one attached hydrogen (secondary N) is 1. The first-order valence-corrected chi connectivity index (χ1v) is 12.9. The highest BCUT2D eigenvalue weighted by Crippen LogP contribution is 2.41. The predicted molar refractivity (Wildman–Crippen MR) is 147 cm³/mol. The zero-order valence-electron chi connectivity index (χ0n) is 20.8. The third kappa shape index (κ3) is 3.86. The van der Waals surface area contributed by atoms with Crippen molar-refractivity contribution in [1.82, 2.24) is 15.1 Å². The smallest absolute Gasteiger partial charge is 0.252 e. The molecule has 0 radical (unpaired) electrons. The molecule has 0 bridgehead atoms. The fourth-order valence-corrected chi connectivity index (χ4v) is 5.73. The van der Waals surface area contributed by atoms with Crippen molar-refractivity contribution in [1.29, 1.82) is 0 Å². The van der Waals surface area contributed by atoms with Crippen LogP contribution in [0.4, 0.5) is 0 Å². The van der Waals surface area contributed by atoms with E-state index < -0.39 is 5.54 Å². The summed E-state index contributed by atoms with van der Waals surface area (Å²) in [6.45, 7) is 2.14. The molecule has 1 aromatic heterocycles. The summed E-state index contributed by atoms with van der Waals surface area (Å²) in [4.78, 5) is 13.1. The van der Waals surface area contributed by atoms with E-state index in [9.17, 15) is 4.79 Å². The molecule has 5 aromatic rings. The molecule has 182 valence electrons. The van der Waals surface area contributed by atoms with Crippen molar-refractivity contribution in [2.24, 2.45) is 0 Å². The Morgan fingerprint density at radius 2 is 1.35 bits per heavy atom. The molecule has 4 nitrogen and oxygen atoms in total. The van der Waals surface area contributed by atoms with Crippen molar-refractivity contribution in [3.63, 3.8) is 0 Å². The van der Waals surface area contributed by atoms with Gasteiger partial charge in [0.25, 0.3) is 5.91 Å². The van der Waals surface area contributed by atoms with E-state index >= 15 is 0 Å².